The molecule has 1 heterocycles. The largest absolute Gasteiger partial charge is 0.491 e. The lowest BCUT2D eigenvalue weighted by Gasteiger charge is -2.27. The van der Waals surface area contributed by atoms with E-state index in [-0.39, 0.29) is 5.91 Å². The Morgan fingerprint density at radius 3 is 2.86 bits per heavy atom. The molecule has 21 heavy (non-hydrogen) atoms. The van der Waals surface area contributed by atoms with Crippen molar-refractivity contribution in [3.05, 3.63) is 24.3 Å². The van der Waals surface area contributed by atoms with Gasteiger partial charge < -0.3 is 15.0 Å². The Labute approximate surface area is 127 Å². The number of carbonyl (C=O) groups is 1. The monoisotopic (exact) mass is 290 g/mol. The van der Waals surface area contributed by atoms with Gasteiger partial charge in [0.15, 0.2) is 0 Å². The summed E-state index contributed by atoms with van der Waals surface area (Å²) in [7, 11) is 0. The van der Waals surface area contributed by atoms with E-state index in [0.717, 1.165) is 37.2 Å². The maximum absolute atomic E-state index is 12.4. The first-order valence-electron chi connectivity index (χ1n) is 8.01. The molecular weight excluding hydrogens is 264 g/mol. The van der Waals surface area contributed by atoms with Crippen LogP contribution >= 0.6 is 0 Å². The van der Waals surface area contributed by atoms with Gasteiger partial charge in [0.1, 0.15) is 5.75 Å². The molecule has 4 nitrogen and oxygen atoms in total. The minimum Gasteiger partial charge on any atom is -0.491 e. The highest BCUT2D eigenvalue weighted by atomic mass is 16.5. The number of nitrogens with zero attached hydrogens (tertiary/aromatic N) is 1. The second kappa shape index (κ2) is 8.03. The molecule has 1 aromatic rings. The average molecular weight is 290 g/mol. The number of rotatable bonds is 7. The van der Waals surface area contributed by atoms with Gasteiger partial charge in [0.25, 0.3) is 0 Å². The van der Waals surface area contributed by atoms with Crippen molar-refractivity contribution in [2.75, 3.05) is 24.6 Å². The van der Waals surface area contributed by atoms with Gasteiger partial charge in [0.2, 0.25) is 5.91 Å². The lowest BCUT2D eigenvalue weighted by Crippen LogP contribution is -2.44. The second-order valence-electron chi connectivity index (χ2n) is 5.51. The Bertz CT molecular complexity index is 462. The minimum absolute atomic E-state index is 0.152. The van der Waals surface area contributed by atoms with Gasteiger partial charge in [0, 0.05) is 12.6 Å². The average Bonchev–Trinajstić information content (AvgIpc) is 2.65. The Morgan fingerprint density at radius 2 is 2.10 bits per heavy atom. The molecule has 1 atom stereocenters. The molecule has 1 aliphatic rings. The van der Waals surface area contributed by atoms with Crippen LogP contribution in [0.4, 0.5) is 5.69 Å². The van der Waals surface area contributed by atoms with Gasteiger partial charge in [-0.3, -0.25) is 4.79 Å². The molecule has 2 rings (SSSR count). The van der Waals surface area contributed by atoms with Crippen molar-refractivity contribution in [3.63, 3.8) is 0 Å². The first-order valence-corrected chi connectivity index (χ1v) is 8.01. The number of hydrogen-bond acceptors (Lipinski definition) is 3. The van der Waals surface area contributed by atoms with E-state index in [2.05, 4.69) is 19.2 Å². The highest BCUT2D eigenvalue weighted by Gasteiger charge is 2.25. The number of para-hydroxylation sites is 2. The van der Waals surface area contributed by atoms with Gasteiger partial charge >= 0.3 is 0 Å². The zero-order valence-electron chi connectivity index (χ0n) is 13.1. The Morgan fingerprint density at radius 1 is 1.29 bits per heavy atom. The molecule has 0 aliphatic carbocycles. The van der Waals surface area contributed by atoms with Gasteiger partial charge in [-0.1, -0.05) is 32.4 Å². The van der Waals surface area contributed by atoms with Crippen LogP contribution in [0.5, 0.6) is 5.75 Å². The quantitative estimate of drug-likeness (QED) is 0.839. The van der Waals surface area contributed by atoms with E-state index in [9.17, 15) is 4.79 Å². The highest BCUT2D eigenvalue weighted by Crippen LogP contribution is 2.31. The van der Waals surface area contributed by atoms with E-state index in [1.807, 2.05) is 29.2 Å². The van der Waals surface area contributed by atoms with Gasteiger partial charge in [-0.25, -0.2) is 0 Å². The van der Waals surface area contributed by atoms with Crippen LogP contribution in [-0.4, -0.2) is 31.6 Å². The Kier molecular flexibility index (Phi) is 6.05. The van der Waals surface area contributed by atoms with Gasteiger partial charge in [-0.05, 0) is 31.5 Å². The smallest absolute Gasteiger partial charge is 0.230 e. The van der Waals surface area contributed by atoms with E-state index < -0.39 is 0 Å². The molecule has 116 valence electrons. The Hall–Kier alpha value is -1.55. The number of carbonyl (C=O) groups excluding carboxylic acids is 1. The fraction of sp³-hybridized carbons (Fsp3) is 0.588. The number of amides is 1. The number of ether oxygens (including phenoxy) is 1. The lowest BCUT2D eigenvalue weighted by atomic mass is 10.1. The summed E-state index contributed by atoms with van der Waals surface area (Å²) in [5.74, 6) is 0.966. The van der Waals surface area contributed by atoms with Crippen molar-refractivity contribution in [3.8, 4) is 5.75 Å². The summed E-state index contributed by atoms with van der Waals surface area (Å²) in [6.45, 7) is 6.52. The second-order valence-corrected chi connectivity index (χ2v) is 5.51. The van der Waals surface area contributed by atoms with Crippen molar-refractivity contribution >= 4 is 11.6 Å². The van der Waals surface area contributed by atoms with Crippen molar-refractivity contribution in [2.45, 2.75) is 45.6 Å². The molecule has 0 fully saturated rings. The fourth-order valence-corrected chi connectivity index (χ4v) is 2.70. The summed E-state index contributed by atoms with van der Waals surface area (Å²) >= 11 is 0. The number of fused-ring (bicyclic) bond motifs is 1. The highest BCUT2D eigenvalue weighted by molar-refractivity contribution is 5.95. The first kappa shape index (κ1) is 15.8. The number of hydrogen-bond donors (Lipinski definition) is 1. The molecule has 0 bridgehead atoms. The third kappa shape index (κ3) is 4.21. The number of anilines is 1. The van der Waals surface area contributed by atoms with Crippen molar-refractivity contribution in [1.82, 2.24) is 5.32 Å². The van der Waals surface area contributed by atoms with Crippen LogP contribution in [-0.2, 0) is 4.79 Å². The maximum Gasteiger partial charge on any atom is 0.230 e. The van der Waals surface area contributed by atoms with Crippen molar-refractivity contribution in [1.29, 1.82) is 0 Å². The van der Waals surface area contributed by atoms with Crippen LogP contribution in [0, 0.1) is 0 Å². The molecular formula is C17H26N2O2. The van der Waals surface area contributed by atoms with E-state index in [4.69, 9.17) is 4.74 Å². The summed E-state index contributed by atoms with van der Waals surface area (Å²) in [5.41, 5.74) is 0.902. The van der Waals surface area contributed by atoms with Crippen molar-refractivity contribution in [2.24, 2.45) is 0 Å². The standard InChI is InChI=1S/C17H26N2O2/c1-3-7-14(18-11-4-2)13-19-15-8-5-6-9-16(15)21-12-10-17(19)20/h5-6,8-9,14,18H,3-4,7,10-13H2,1-2H3. The van der Waals surface area contributed by atoms with E-state index >= 15 is 0 Å². The summed E-state index contributed by atoms with van der Waals surface area (Å²) in [4.78, 5) is 14.3. The van der Waals surface area contributed by atoms with Crippen LogP contribution < -0.4 is 15.0 Å². The topological polar surface area (TPSA) is 41.6 Å². The van der Waals surface area contributed by atoms with Gasteiger partial charge in [-0.2, -0.15) is 0 Å². The molecule has 1 unspecified atom stereocenters. The molecule has 0 saturated carbocycles. The van der Waals surface area contributed by atoms with Gasteiger partial charge in [-0.15, -0.1) is 0 Å². The van der Waals surface area contributed by atoms with Crippen LogP contribution in [0.25, 0.3) is 0 Å². The molecule has 1 aliphatic heterocycles. The van der Waals surface area contributed by atoms with Crippen LogP contribution in [0.1, 0.15) is 39.5 Å². The zero-order valence-corrected chi connectivity index (χ0v) is 13.1. The molecule has 1 N–H and O–H groups in total. The zero-order chi connectivity index (χ0) is 15.1. The van der Waals surface area contributed by atoms with Gasteiger partial charge in [0.05, 0.1) is 18.7 Å². The molecule has 0 aromatic heterocycles. The van der Waals surface area contributed by atoms with Crippen LogP contribution in [0.2, 0.25) is 0 Å². The molecule has 1 aromatic carbocycles. The fourth-order valence-electron chi connectivity index (χ4n) is 2.70. The minimum atomic E-state index is 0.152. The normalized spacial score (nSPS) is 16.1. The summed E-state index contributed by atoms with van der Waals surface area (Å²) in [6.07, 6.45) is 3.74. The Balaban J connectivity index is 2.16. The van der Waals surface area contributed by atoms with Crippen LogP contribution in [0.15, 0.2) is 24.3 Å². The van der Waals surface area contributed by atoms with E-state index in [1.54, 1.807) is 0 Å². The lowest BCUT2D eigenvalue weighted by molar-refractivity contribution is -0.118. The molecule has 1 amide bonds. The maximum atomic E-state index is 12.4. The van der Waals surface area contributed by atoms with Crippen LogP contribution in [0.3, 0.4) is 0 Å². The molecule has 0 radical (unpaired) electrons. The predicted octanol–water partition coefficient (Wildman–Crippen LogP) is 2.97. The molecule has 0 saturated heterocycles. The summed E-state index contributed by atoms with van der Waals surface area (Å²) in [6, 6.07) is 8.16. The molecule has 4 heteroatoms. The third-order valence-corrected chi connectivity index (χ3v) is 3.75. The number of nitrogens with one attached hydrogen (secondary N) is 1. The summed E-state index contributed by atoms with van der Waals surface area (Å²) in [5, 5.41) is 3.55. The third-order valence-electron chi connectivity index (χ3n) is 3.75. The molecule has 0 spiro atoms. The predicted molar refractivity (Wildman–Crippen MR) is 85.9 cm³/mol. The van der Waals surface area contributed by atoms with Crippen molar-refractivity contribution < 1.29 is 9.53 Å². The number of benzene rings is 1. The van der Waals surface area contributed by atoms with E-state index in [0.29, 0.717) is 25.6 Å². The van der Waals surface area contributed by atoms with E-state index in [1.165, 1.54) is 0 Å². The summed E-state index contributed by atoms with van der Waals surface area (Å²) < 4.78 is 5.69. The first-order chi connectivity index (χ1) is 10.3. The SMILES string of the molecule is CCCNC(CCC)CN1C(=O)CCOc2ccccc21.